The monoisotopic (exact) mass is 292 g/mol. The molecule has 4 N–H and O–H groups in total. The molecule has 1 aromatic rings. The fraction of sp³-hybridized carbons (Fsp3) is 0.111. The molecule has 1 aromatic carbocycles. The first-order valence-electron chi connectivity index (χ1n) is 4.47. The van der Waals surface area contributed by atoms with E-state index in [0.29, 0.717) is 0 Å². The van der Waals surface area contributed by atoms with Gasteiger partial charge in [-0.1, -0.05) is 17.7 Å². The molecule has 9 heteroatoms. The Hall–Kier alpha value is -1.86. The van der Waals surface area contributed by atoms with Crippen LogP contribution in [0, 0.1) is 15.5 Å². The van der Waals surface area contributed by atoms with Gasteiger partial charge in [-0.15, -0.1) is 12.4 Å². The number of hydrogen-bond donors (Lipinski definition) is 3. The fourth-order valence-electron chi connectivity index (χ4n) is 1.25. The van der Waals surface area contributed by atoms with E-state index in [0.717, 1.165) is 0 Å². The lowest BCUT2D eigenvalue weighted by molar-refractivity contribution is -0.385. The van der Waals surface area contributed by atoms with Crippen molar-refractivity contribution in [1.29, 1.82) is 5.41 Å². The van der Waals surface area contributed by atoms with Gasteiger partial charge in [-0.2, -0.15) is 0 Å². The van der Waals surface area contributed by atoms with Crippen LogP contribution in [-0.4, -0.2) is 16.8 Å². The molecule has 0 heterocycles. The molecule has 98 valence electrons. The average molecular weight is 293 g/mol. The molecule has 0 aliphatic rings. The molecule has 0 bridgehead atoms. The number of amides is 1. The summed E-state index contributed by atoms with van der Waals surface area (Å²) in [5.41, 5.74) is 4.82. The minimum absolute atomic E-state index is 0. The van der Waals surface area contributed by atoms with Crippen molar-refractivity contribution < 1.29 is 9.72 Å². The number of benzene rings is 1. The van der Waals surface area contributed by atoms with Crippen LogP contribution in [0.15, 0.2) is 18.2 Å². The van der Waals surface area contributed by atoms with Crippen LogP contribution in [0.25, 0.3) is 0 Å². The number of nitro groups is 1. The number of halogens is 2. The van der Waals surface area contributed by atoms with Gasteiger partial charge in [0, 0.05) is 6.07 Å². The van der Waals surface area contributed by atoms with Crippen LogP contribution in [0.4, 0.5) is 5.69 Å². The standard InChI is InChI=1S/C9H9ClN4O3.ClH/c10-6-2-1-3-7(14(16)17)5(6)4-8(15)13-9(11)12;/h1-3H,4H2,(H4,11,12,13,15);1H. The SMILES string of the molecule is Cl.N=C(N)NC(=O)Cc1c(Cl)cccc1[N+](=O)[O-]. The molecule has 0 atom stereocenters. The van der Waals surface area contributed by atoms with E-state index < -0.39 is 16.8 Å². The summed E-state index contributed by atoms with van der Waals surface area (Å²) in [7, 11) is 0. The topological polar surface area (TPSA) is 122 Å². The summed E-state index contributed by atoms with van der Waals surface area (Å²) in [4.78, 5) is 21.4. The second kappa shape index (κ2) is 6.77. The van der Waals surface area contributed by atoms with Gasteiger partial charge in [0.05, 0.1) is 21.9 Å². The van der Waals surface area contributed by atoms with Crippen LogP contribution in [0.3, 0.4) is 0 Å². The fourth-order valence-corrected chi connectivity index (χ4v) is 1.48. The van der Waals surface area contributed by atoms with E-state index in [-0.39, 0.29) is 35.1 Å². The highest BCUT2D eigenvalue weighted by Gasteiger charge is 2.19. The Morgan fingerprint density at radius 2 is 2.17 bits per heavy atom. The molecule has 18 heavy (non-hydrogen) atoms. The third-order valence-electron chi connectivity index (χ3n) is 1.90. The predicted molar refractivity (Wildman–Crippen MR) is 69.1 cm³/mol. The van der Waals surface area contributed by atoms with Crippen molar-refractivity contribution in [3.63, 3.8) is 0 Å². The molecular formula is C9H10Cl2N4O3. The van der Waals surface area contributed by atoms with Gasteiger partial charge in [-0.05, 0) is 6.07 Å². The van der Waals surface area contributed by atoms with Crippen molar-refractivity contribution in [2.75, 3.05) is 0 Å². The number of nitrogens with one attached hydrogen (secondary N) is 2. The molecule has 7 nitrogen and oxygen atoms in total. The zero-order chi connectivity index (χ0) is 13.0. The summed E-state index contributed by atoms with van der Waals surface area (Å²) in [5.74, 6) is -1.15. The average Bonchev–Trinajstić information content (AvgIpc) is 2.19. The Balaban J connectivity index is 0.00000289. The van der Waals surface area contributed by atoms with E-state index in [2.05, 4.69) is 0 Å². The van der Waals surface area contributed by atoms with Gasteiger partial charge in [-0.3, -0.25) is 25.6 Å². The van der Waals surface area contributed by atoms with Crippen molar-refractivity contribution >= 4 is 41.6 Å². The summed E-state index contributed by atoms with van der Waals surface area (Å²) in [6, 6.07) is 4.13. The van der Waals surface area contributed by atoms with Crippen LogP contribution in [-0.2, 0) is 11.2 Å². The lowest BCUT2D eigenvalue weighted by Crippen LogP contribution is -2.36. The number of nitrogens with zero attached hydrogens (tertiary/aromatic N) is 1. The molecule has 0 spiro atoms. The van der Waals surface area contributed by atoms with E-state index in [1.165, 1.54) is 18.2 Å². The largest absolute Gasteiger partial charge is 0.370 e. The maximum Gasteiger partial charge on any atom is 0.274 e. The Morgan fingerprint density at radius 3 is 2.67 bits per heavy atom. The molecule has 0 radical (unpaired) electrons. The zero-order valence-electron chi connectivity index (χ0n) is 8.97. The third-order valence-corrected chi connectivity index (χ3v) is 2.26. The Bertz CT molecular complexity index is 493. The van der Waals surface area contributed by atoms with E-state index in [1.807, 2.05) is 5.32 Å². The summed E-state index contributed by atoms with van der Waals surface area (Å²) < 4.78 is 0. The van der Waals surface area contributed by atoms with Crippen molar-refractivity contribution in [2.45, 2.75) is 6.42 Å². The summed E-state index contributed by atoms with van der Waals surface area (Å²) in [5, 5.41) is 19.7. The normalized spacial score (nSPS) is 9.17. The van der Waals surface area contributed by atoms with Crippen LogP contribution >= 0.6 is 24.0 Å². The highest BCUT2D eigenvalue weighted by atomic mass is 35.5. The number of nitro benzene ring substituents is 1. The molecular weight excluding hydrogens is 283 g/mol. The van der Waals surface area contributed by atoms with Crippen molar-refractivity contribution in [3.05, 3.63) is 38.9 Å². The van der Waals surface area contributed by atoms with Gasteiger partial charge < -0.3 is 5.73 Å². The molecule has 0 aromatic heterocycles. The van der Waals surface area contributed by atoms with Gasteiger partial charge in [0.25, 0.3) is 5.69 Å². The minimum Gasteiger partial charge on any atom is -0.370 e. The minimum atomic E-state index is -0.631. The van der Waals surface area contributed by atoms with E-state index >= 15 is 0 Å². The smallest absolute Gasteiger partial charge is 0.274 e. The van der Waals surface area contributed by atoms with Crippen molar-refractivity contribution in [1.82, 2.24) is 5.32 Å². The first-order valence-corrected chi connectivity index (χ1v) is 4.85. The summed E-state index contributed by atoms with van der Waals surface area (Å²) in [6.07, 6.45) is -0.310. The van der Waals surface area contributed by atoms with Crippen LogP contribution in [0.5, 0.6) is 0 Å². The number of rotatable bonds is 3. The Morgan fingerprint density at radius 1 is 1.56 bits per heavy atom. The number of carbonyl (C=O) groups excluding carboxylic acids is 1. The molecule has 1 amide bonds. The number of hydrogen-bond acceptors (Lipinski definition) is 4. The maximum absolute atomic E-state index is 11.3. The first kappa shape index (κ1) is 16.1. The van der Waals surface area contributed by atoms with E-state index in [1.54, 1.807) is 0 Å². The molecule has 0 aliphatic carbocycles. The maximum atomic E-state index is 11.3. The highest BCUT2D eigenvalue weighted by molar-refractivity contribution is 6.31. The number of nitrogens with two attached hydrogens (primary N) is 1. The van der Waals surface area contributed by atoms with E-state index in [9.17, 15) is 14.9 Å². The molecule has 0 saturated carbocycles. The third kappa shape index (κ3) is 4.19. The molecule has 0 aliphatic heterocycles. The summed E-state index contributed by atoms with van der Waals surface area (Å²) >= 11 is 5.78. The Labute approximate surface area is 113 Å². The van der Waals surface area contributed by atoms with Crippen LogP contribution in [0.1, 0.15) is 5.56 Å². The second-order valence-corrected chi connectivity index (χ2v) is 3.54. The quantitative estimate of drug-likeness (QED) is 0.335. The van der Waals surface area contributed by atoms with Gasteiger partial charge in [0.1, 0.15) is 0 Å². The van der Waals surface area contributed by atoms with Crippen LogP contribution in [0.2, 0.25) is 5.02 Å². The van der Waals surface area contributed by atoms with Gasteiger partial charge in [-0.25, -0.2) is 0 Å². The van der Waals surface area contributed by atoms with Crippen LogP contribution < -0.4 is 11.1 Å². The first-order chi connectivity index (χ1) is 7.91. The van der Waals surface area contributed by atoms with Crippen molar-refractivity contribution in [3.8, 4) is 0 Å². The van der Waals surface area contributed by atoms with E-state index in [4.69, 9.17) is 22.7 Å². The highest BCUT2D eigenvalue weighted by Crippen LogP contribution is 2.26. The number of guanidine groups is 1. The van der Waals surface area contributed by atoms with Gasteiger partial charge in [0.15, 0.2) is 5.96 Å². The van der Waals surface area contributed by atoms with Gasteiger partial charge in [0.2, 0.25) is 5.91 Å². The molecule has 1 rings (SSSR count). The number of carbonyl (C=O) groups is 1. The van der Waals surface area contributed by atoms with Crippen molar-refractivity contribution in [2.24, 2.45) is 5.73 Å². The summed E-state index contributed by atoms with van der Waals surface area (Å²) in [6.45, 7) is 0. The Kier molecular flexibility index (Phi) is 6.07. The molecule has 0 unspecified atom stereocenters. The second-order valence-electron chi connectivity index (χ2n) is 3.13. The van der Waals surface area contributed by atoms with Gasteiger partial charge >= 0.3 is 0 Å². The predicted octanol–water partition coefficient (Wildman–Crippen LogP) is 1.22. The molecule has 0 saturated heterocycles. The molecule has 0 fully saturated rings. The zero-order valence-corrected chi connectivity index (χ0v) is 10.5. The lowest BCUT2D eigenvalue weighted by Gasteiger charge is -2.05. The lowest BCUT2D eigenvalue weighted by atomic mass is 10.1.